The van der Waals surface area contributed by atoms with E-state index in [0.717, 1.165) is 6.42 Å². The van der Waals surface area contributed by atoms with E-state index < -0.39 is 0 Å². The summed E-state index contributed by atoms with van der Waals surface area (Å²) >= 11 is 3.15. The second-order valence-corrected chi connectivity index (χ2v) is 7.38. The Morgan fingerprint density at radius 1 is 0.783 bits per heavy atom. The van der Waals surface area contributed by atoms with E-state index in [9.17, 15) is 0 Å². The van der Waals surface area contributed by atoms with Crippen molar-refractivity contribution in [3.05, 3.63) is 78.4 Å². The van der Waals surface area contributed by atoms with Gasteiger partial charge in [0.15, 0.2) is 4.90 Å². The van der Waals surface area contributed by atoms with E-state index in [4.69, 9.17) is 0 Å². The molecule has 0 heterocycles. The lowest BCUT2D eigenvalue weighted by Gasteiger charge is -2.10. The Morgan fingerprint density at radius 3 is 2.13 bits per heavy atom. The van der Waals surface area contributed by atoms with Crippen molar-refractivity contribution in [1.29, 1.82) is 0 Å². The molecule has 0 radical (unpaired) electrons. The molecule has 0 aliphatic heterocycles. The Balaban J connectivity index is 1.97. The highest BCUT2D eigenvalue weighted by atomic mass is 32.2. The largest absolute Gasteiger partial charge is 0.160 e. The van der Waals surface area contributed by atoms with Crippen LogP contribution < -0.4 is 0 Å². The summed E-state index contributed by atoms with van der Waals surface area (Å²) in [5, 5.41) is 0. The summed E-state index contributed by atoms with van der Waals surface area (Å²) in [4.78, 5) is 3.98. The van der Waals surface area contributed by atoms with E-state index in [1.165, 1.54) is 43.1 Å². The summed E-state index contributed by atoms with van der Waals surface area (Å²) in [5.41, 5.74) is 4.05. The lowest BCUT2D eigenvalue weighted by Crippen LogP contribution is -1.89. The fourth-order valence-electron chi connectivity index (χ4n) is 2.59. The molecule has 2 heteroatoms. The molecule has 0 spiro atoms. The van der Waals surface area contributed by atoms with E-state index in [1.807, 2.05) is 11.8 Å². The van der Waals surface area contributed by atoms with Crippen LogP contribution in [-0.4, -0.2) is 6.26 Å². The van der Waals surface area contributed by atoms with Crippen molar-refractivity contribution in [3.63, 3.8) is 0 Å². The first kappa shape index (κ1) is 16.2. The lowest BCUT2D eigenvalue weighted by atomic mass is 10.1. The van der Waals surface area contributed by atoms with Crippen LogP contribution in [0.25, 0.3) is 11.1 Å². The molecule has 3 aromatic rings. The Kier molecular flexibility index (Phi) is 5.47. The van der Waals surface area contributed by atoms with Crippen LogP contribution in [0, 0.1) is 0 Å². The van der Waals surface area contributed by atoms with E-state index in [1.54, 1.807) is 0 Å². The second kappa shape index (κ2) is 7.76. The van der Waals surface area contributed by atoms with Gasteiger partial charge in [0.05, 0.1) is 0 Å². The number of hydrogen-bond donors (Lipinski definition) is 0. The molecule has 0 saturated carbocycles. The third-order valence-electron chi connectivity index (χ3n) is 3.88. The number of benzene rings is 3. The number of hydrogen-bond acceptors (Lipinski definition) is 1. The molecule has 0 N–H and O–H groups in total. The smallest absolute Gasteiger partial charge is 0.0894 e. The van der Waals surface area contributed by atoms with Crippen LogP contribution in [-0.2, 0) is 18.2 Å². The van der Waals surface area contributed by atoms with Gasteiger partial charge in [-0.05, 0) is 42.3 Å². The van der Waals surface area contributed by atoms with Crippen molar-refractivity contribution >= 4 is 23.5 Å². The molecule has 0 aromatic heterocycles. The molecular formula is C21H21S2+. The Labute approximate surface area is 147 Å². The molecule has 0 amide bonds. The third-order valence-corrected chi connectivity index (χ3v) is 5.84. The summed E-state index contributed by atoms with van der Waals surface area (Å²) in [7, 11) is 0. The summed E-state index contributed by atoms with van der Waals surface area (Å²) in [5.74, 6) is 0. The van der Waals surface area contributed by atoms with Crippen molar-refractivity contribution in [2.24, 2.45) is 0 Å². The highest BCUT2D eigenvalue weighted by Crippen LogP contribution is 2.37. The topological polar surface area (TPSA) is 0 Å². The second-order valence-electron chi connectivity index (χ2n) is 5.34. The summed E-state index contributed by atoms with van der Waals surface area (Å²) in [6, 6.07) is 26.3. The number of aryl methyl sites for hydroxylation is 1. The van der Waals surface area contributed by atoms with Gasteiger partial charge in [0.1, 0.15) is 6.26 Å². The maximum absolute atomic E-state index is 2.23. The van der Waals surface area contributed by atoms with Gasteiger partial charge in [-0.3, -0.25) is 0 Å². The van der Waals surface area contributed by atoms with Crippen molar-refractivity contribution < 1.29 is 0 Å². The highest BCUT2D eigenvalue weighted by molar-refractivity contribution is 7.99. The third kappa shape index (κ3) is 3.82. The van der Waals surface area contributed by atoms with Crippen LogP contribution in [0.15, 0.2) is 87.5 Å². The maximum Gasteiger partial charge on any atom is 0.160 e. The molecule has 0 unspecified atom stereocenters. The van der Waals surface area contributed by atoms with E-state index in [2.05, 4.69) is 86.0 Å². The molecule has 0 saturated heterocycles. The summed E-state index contributed by atoms with van der Waals surface area (Å²) in [6.07, 6.45) is 3.28. The fraction of sp³-hybridized carbons (Fsp3) is 0.143. The van der Waals surface area contributed by atoms with Crippen molar-refractivity contribution in [2.45, 2.75) is 28.0 Å². The predicted molar refractivity (Wildman–Crippen MR) is 105 cm³/mol. The molecule has 23 heavy (non-hydrogen) atoms. The maximum atomic E-state index is 2.23. The normalized spacial score (nSPS) is 10.7. The average molecular weight is 338 g/mol. The van der Waals surface area contributed by atoms with Gasteiger partial charge in [0.2, 0.25) is 0 Å². The van der Waals surface area contributed by atoms with Gasteiger partial charge < -0.3 is 0 Å². The van der Waals surface area contributed by atoms with Crippen LogP contribution in [0.2, 0.25) is 0 Å². The zero-order valence-corrected chi connectivity index (χ0v) is 15.2. The molecule has 0 nitrogen and oxygen atoms in total. The standard InChI is InChI=1S/C21H20S2/c1-3-16-12-14-17(15-13-16)23-21-11-7-5-9-19(21)18-8-4-6-10-20(18)22-2/h4-15H,3H2,1-2H3/p+1. The SMILES string of the molecule is CCc1ccc(Sc2ccccc2-c2ccccc2[SH+]C)cc1. The predicted octanol–water partition coefficient (Wildman–Crippen LogP) is 5.87. The number of rotatable bonds is 5. The van der Waals surface area contributed by atoms with E-state index in [-0.39, 0.29) is 0 Å². The van der Waals surface area contributed by atoms with E-state index in [0.29, 0.717) is 0 Å². The lowest BCUT2D eigenvalue weighted by molar-refractivity contribution is 1.13. The zero-order chi connectivity index (χ0) is 16.1. The van der Waals surface area contributed by atoms with E-state index >= 15 is 0 Å². The Morgan fingerprint density at radius 2 is 1.43 bits per heavy atom. The van der Waals surface area contributed by atoms with Crippen LogP contribution in [0.3, 0.4) is 0 Å². The van der Waals surface area contributed by atoms with Gasteiger partial charge in [-0.25, -0.2) is 0 Å². The molecular weight excluding hydrogens is 316 g/mol. The first-order valence-corrected chi connectivity index (χ1v) is 10.0. The van der Waals surface area contributed by atoms with Gasteiger partial charge in [-0.15, -0.1) is 0 Å². The molecule has 0 aliphatic rings. The minimum absolute atomic E-state index is 1.09. The molecule has 3 rings (SSSR count). The van der Waals surface area contributed by atoms with Gasteiger partial charge in [-0.2, -0.15) is 0 Å². The van der Waals surface area contributed by atoms with Crippen LogP contribution >= 0.6 is 11.8 Å². The number of thiol groups is 1. The quantitative estimate of drug-likeness (QED) is 0.414. The summed E-state index contributed by atoms with van der Waals surface area (Å²) < 4.78 is 0. The van der Waals surface area contributed by atoms with Crippen LogP contribution in [0.1, 0.15) is 12.5 Å². The van der Waals surface area contributed by atoms with Crippen molar-refractivity contribution in [1.82, 2.24) is 0 Å². The molecule has 0 aliphatic carbocycles. The fourth-order valence-corrected chi connectivity index (χ4v) is 4.23. The van der Waals surface area contributed by atoms with Gasteiger partial charge in [0.25, 0.3) is 0 Å². The van der Waals surface area contributed by atoms with Crippen molar-refractivity contribution in [3.8, 4) is 11.1 Å². The molecule has 0 atom stereocenters. The van der Waals surface area contributed by atoms with Gasteiger partial charge >= 0.3 is 0 Å². The Bertz CT molecular complexity index is 776. The minimum atomic E-state index is 1.09. The molecule has 0 fully saturated rings. The first-order valence-electron chi connectivity index (χ1n) is 7.87. The first-order chi connectivity index (χ1) is 11.3. The van der Waals surface area contributed by atoms with Crippen LogP contribution in [0.4, 0.5) is 0 Å². The van der Waals surface area contributed by atoms with Gasteiger partial charge in [-0.1, -0.05) is 61.2 Å². The molecule has 0 bridgehead atoms. The van der Waals surface area contributed by atoms with Crippen LogP contribution in [0.5, 0.6) is 0 Å². The van der Waals surface area contributed by atoms with Gasteiger partial charge in [0, 0.05) is 32.7 Å². The molecule has 3 aromatic carbocycles. The van der Waals surface area contributed by atoms with Crippen molar-refractivity contribution in [2.75, 3.05) is 6.26 Å². The highest BCUT2D eigenvalue weighted by Gasteiger charge is 2.13. The average Bonchev–Trinajstić information content (AvgIpc) is 2.63. The monoisotopic (exact) mass is 337 g/mol. The summed E-state index contributed by atoms with van der Waals surface area (Å²) in [6.45, 7) is 2.19. The zero-order valence-electron chi connectivity index (χ0n) is 13.5. The minimum Gasteiger partial charge on any atom is -0.0894 e. The Hall–Kier alpha value is -1.64. The molecule has 116 valence electrons.